The van der Waals surface area contributed by atoms with Gasteiger partial charge in [0, 0.05) is 11.8 Å². The Morgan fingerprint density at radius 2 is 1.33 bits per heavy atom. The second-order valence-corrected chi connectivity index (χ2v) is 4.83. The van der Waals surface area contributed by atoms with Crippen LogP contribution in [0.15, 0.2) is 54.7 Å². The average molecular weight is 321 g/mol. The van der Waals surface area contributed by atoms with Gasteiger partial charge in [-0.1, -0.05) is 12.1 Å². The zero-order chi connectivity index (χ0) is 17.1. The summed E-state index contributed by atoms with van der Waals surface area (Å²) in [4.78, 5) is 34.6. The minimum absolute atomic E-state index is 0.0884. The fraction of sp³-hybridized carbons (Fsp3) is 0. The Bertz CT molecular complexity index is 864. The number of carbonyl (C=O) groups is 2. The number of pyridine rings is 3. The van der Waals surface area contributed by atoms with Crippen molar-refractivity contribution in [3.05, 3.63) is 66.1 Å². The van der Waals surface area contributed by atoms with Gasteiger partial charge in [-0.3, -0.25) is 4.98 Å². The van der Waals surface area contributed by atoms with Gasteiger partial charge in [0.2, 0.25) is 0 Å². The standard InChI is InChI=1S/C17H11N3O4/c21-16(22)13-7-1-5-11(19-13)10-4-3-9-18-15(10)12-6-2-8-14(20-12)17(23)24/h1-9H,(H,21,22)(H,23,24). The van der Waals surface area contributed by atoms with E-state index in [2.05, 4.69) is 15.0 Å². The van der Waals surface area contributed by atoms with Crippen LogP contribution in [0.4, 0.5) is 0 Å². The summed E-state index contributed by atoms with van der Waals surface area (Å²) in [6, 6.07) is 12.7. The predicted octanol–water partition coefficient (Wildman–Crippen LogP) is 2.60. The third kappa shape index (κ3) is 2.95. The fourth-order valence-electron chi connectivity index (χ4n) is 2.21. The number of aromatic nitrogens is 3. The first-order valence-corrected chi connectivity index (χ1v) is 6.93. The molecule has 0 saturated carbocycles. The van der Waals surface area contributed by atoms with E-state index in [1.54, 1.807) is 42.6 Å². The number of hydrogen-bond acceptors (Lipinski definition) is 5. The van der Waals surface area contributed by atoms with E-state index in [0.717, 1.165) is 0 Å². The summed E-state index contributed by atoms with van der Waals surface area (Å²) in [6.45, 7) is 0. The molecule has 0 spiro atoms. The van der Waals surface area contributed by atoms with Crippen molar-refractivity contribution in [1.82, 2.24) is 15.0 Å². The molecule has 3 aromatic rings. The molecule has 2 N–H and O–H groups in total. The Hall–Kier alpha value is -3.61. The van der Waals surface area contributed by atoms with E-state index in [0.29, 0.717) is 22.6 Å². The summed E-state index contributed by atoms with van der Waals surface area (Å²) in [5, 5.41) is 18.2. The molecule has 3 heterocycles. The van der Waals surface area contributed by atoms with Gasteiger partial charge in [0.25, 0.3) is 0 Å². The topological polar surface area (TPSA) is 113 Å². The zero-order valence-corrected chi connectivity index (χ0v) is 12.2. The Kier molecular flexibility index (Phi) is 3.98. The largest absolute Gasteiger partial charge is 0.477 e. The number of carboxylic acid groups (broad SMARTS) is 2. The van der Waals surface area contributed by atoms with Crippen LogP contribution < -0.4 is 0 Å². The molecule has 0 aliphatic carbocycles. The summed E-state index contributed by atoms with van der Waals surface area (Å²) in [5.41, 5.74) is 1.59. The van der Waals surface area contributed by atoms with Crippen molar-refractivity contribution in [3.63, 3.8) is 0 Å². The number of nitrogens with zero attached hydrogens (tertiary/aromatic N) is 3. The molecule has 0 aliphatic heterocycles. The van der Waals surface area contributed by atoms with Crippen molar-refractivity contribution >= 4 is 11.9 Å². The minimum Gasteiger partial charge on any atom is -0.477 e. The lowest BCUT2D eigenvalue weighted by Crippen LogP contribution is -2.03. The van der Waals surface area contributed by atoms with Crippen molar-refractivity contribution in [2.45, 2.75) is 0 Å². The van der Waals surface area contributed by atoms with Gasteiger partial charge in [0.1, 0.15) is 11.4 Å². The van der Waals surface area contributed by atoms with Crippen LogP contribution in [0.1, 0.15) is 21.0 Å². The third-order valence-corrected chi connectivity index (χ3v) is 3.26. The van der Waals surface area contributed by atoms with Gasteiger partial charge in [0.15, 0.2) is 0 Å². The van der Waals surface area contributed by atoms with Crippen LogP contribution in [0.25, 0.3) is 22.6 Å². The van der Waals surface area contributed by atoms with E-state index >= 15 is 0 Å². The summed E-state index contributed by atoms with van der Waals surface area (Å²) >= 11 is 0. The number of carboxylic acids is 2. The average Bonchev–Trinajstić information content (AvgIpc) is 2.62. The van der Waals surface area contributed by atoms with Crippen LogP contribution in [0.2, 0.25) is 0 Å². The molecule has 0 unspecified atom stereocenters. The van der Waals surface area contributed by atoms with E-state index in [-0.39, 0.29) is 11.4 Å². The molecule has 7 nitrogen and oxygen atoms in total. The summed E-state index contributed by atoms with van der Waals surface area (Å²) < 4.78 is 0. The highest BCUT2D eigenvalue weighted by Gasteiger charge is 2.14. The lowest BCUT2D eigenvalue weighted by atomic mass is 10.1. The van der Waals surface area contributed by atoms with Gasteiger partial charge in [-0.05, 0) is 36.4 Å². The normalized spacial score (nSPS) is 10.3. The zero-order valence-electron chi connectivity index (χ0n) is 12.2. The first kappa shape index (κ1) is 15.3. The van der Waals surface area contributed by atoms with E-state index in [1.807, 2.05) is 0 Å². The molecule has 118 valence electrons. The maximum atomic E-state index is 11.1. The van der Waals surface area contributed by atoms with Gasteiger partial charge in [-0.15, -0.1) is 0 Å². The van der Waals surface area contributed by atoms with E-state index < -0.39 is 11.9 Å². The van der Waals surface area contributed by atoms with Crippen molar-refractivity contribution < 1.29 is 19.8 Å². The Balaban J connectivity index is 2.16. The fourth-order valence-corrected chi connectivity index (χ4v) is 2.21. The number of aromatic carboxylic acids is 2. The van der Waals surface area contributed by atoms with Gasteiger partial charge in [-0.25, -0.2) is 19.6 Å². The molecule has 7 heteroatoms. The van der Waals surface area contributed by atoms with E-state index in [9.17, 15) is 9.59 Å². The Morgan fingerprint density at radius 1 is 0.750 bits per heavy atom. The van der Waals surface area contributed by atoms with Gasteiger partial charge in [0.05, 0.1) is 17.1 Å². The molecule has 3 aromatic heterocycles. The summed E-state index contributed by atoms with van der Waals surface area (Å²) in [5.74, 6) is -2.27. The highest BCUT2D eigenvalue weighted by atomic mass is 16.4. The van der Waals surface area contributed by atoms with Crippen LogP contribution >= 0.6 is 0 Å². The quantitative estimate of drug-likeness (QED) is 0.759. The molecule has 0 aliphatic rings. The van der Waals surface area contributed by atoms with Gasteiger partial charge >= 0.3 is 11.9 Å². The predicted molar refractivity (Wildman–Crippen MR) is 84.6 cm³/mol. The monoisotopic (exact) mass is 321 g/mol. The molecule has 0 radical (unpaired) electrons. The molecule has 0 bridgehead atoms. The summed E-state index contributed by atoms with van der Waals surface area (Å²) in [7, 11) is 0. The second kappa shape index (κ2) is 6.25. The van der Waals surface area contributed by atoms with E-state index in [1.165, 1.54) is 12.1 Å². The van der Waals surface area contributed by atoms with Crippen LogP contribution in [0, 0.1) is 0 Å². The molecule has 24 heavy (non-hydrogen) atoms. The first-order chi connectivity index (χ1) is 11.6. The van der Waals surface area contributed by atoms with Gasteiger partial charge in [-0.2, -0.15) is 0 Å². The lowest BCUT2D eigenvalue weighted by Gasteiger charge is -2.08. The SMILES string of the molecule is O=C(O)c1cccc(-c2cccnc2-c2cccc(C(=O)O)n2)n1. The molecular formula is C17H11N3O4. The van der Waals surface area contributed by atoms with Crippen LogP contribution in [-0.4, -0.2) is 37.1 Å². The van der Waals surface area contributed by atoms with Crippen LogP contribution in [0.3, 0.4) is 0 Å². The van der Waals surface area contributed by atoms with Crippen LogP contribution in [-0.2, 0) is 0 Å². The van der Waals surface area contributed by atoms with Gasteiger partial charge < -0.3 is 10.2 Å². The highest BCUT2D eigenvalue weighted by molar-refractivity contribution is 5.88. The highest BCUT2D eigenvalue weighted by Crippen LogP contribution is 2.28. The molecule has 0 aromatic carbocycles. The second-order valence-electron chi connectivity index (χ2n) is 4.83. The number of rotatable bonds is 4. The minimum atomic E-state index is -1.14. The van der Waals surface area contributed by atoms with Crippen molar-refractivity contribution in [2.75, 3.05) is 0 Å². The first-order valence-electron chi connectivity index (χ1n) is 6.93. The Morgan fingerprint density at radius 3 is 1.96 bits per heavy atom. The van der Waals surface area contributed by atoms with Crippen LogP contribution in [0.5, 0.6) is 0 Å². The maximum Gasteiger partial charge on any atom is 0.354 e. The van der Waals surface area contributed by atoms with E-state index in [4.69, 9.17) is 10.2 Å². The molecule has 3 rings (SSSR count). The molecular weight excluding hydrogens is 310 g/mol. The smallest absolute Gasteiger partial charge is 0.354 e. The molecule has 0 fully saturated rings. The third-order valence-electron chi connectivity index (χ3n) is 3.26. The number of hydrogen-bond donors (Lipinski definition) is 2. The maximum absolute atomic E-state index is 11.1. The lowest BCUT2D eigenvalue weighted by molar-refractivity contribution is 0.0680. The Labute approximate surface area is 136 Å². The molecule has 0 atom stereocenters. The summed E-state index contributed by atoms with van der Waals surface area (Å²) in [6.07, 6.45) is 1.55. The van der Waals surface area contributed by atoms with Crippen molar-refractivity contribution in [1.29, 1.82) is 0 Å². The van der Waals surface area contributed by atoms with Crippen molar-refractivity contribution in [3.8, 4) is 22.6 Å². The molecule has 0 saturated heterocycles. The molecule has 0 amide bonds. The van der Waals surface area contributed by atoms with Crippen molar-refractivity contribution in [2.24, 2.45) is 0 Å².